The Kier molecular flexibility index (Phi) is 3.00. The number of aromatic nitrogens is 1. The van der Waals surface area contributed by atoms with Gasteiger partial charge in [-0.2, -0.15) is 0 Å². The summed E-state index contributed by atoms with van der Waals surface area (Å²) in [4.78, 5) is 4.07. The molecule has 0 aliphatic carbocycles. The maximum atomic E-state index is 5.87. The Bertz CT molecular complexity index is 484. The lowest BCUT2D eigenvalue weighted by Gasteiger charge is -2.03. The average Bonchev–Trinajstić information content (AvgIpc) is 2.58. The summed E-state index contributed by atoms with van der Waals surface area (Å²) in [5, 5.41) is 5.50. The molecule has 0 fully saturated rings. The van der Waals surface area contributed by atoms with Crippen LogP contribution in [0.3, 0.4) is 0 Å². The summed E-state index contributed by atoms with van der Waals surface area (Å²) in [5.41, 5.74) is 6.39. The van der Waals surface area contributed by atoms with Crippen molar-refractivity contribution in [1.29, 1.82) is 0 Å². The van der Waals surface area contributed by atoms with Gasteiger partial charge in [0.15, 0.2) is 5.13 Å². The lowest BCUT2D eigenvalue weighted by atomic mass is 10.3. The van der Waals surface area contributed by atoms with Crippen LogP contribution in [0.1, 0.15) is 0 Å². The Hall–Kier alpha value is -0.970. The van der Waals surface area contributed by atoms with Crippen molar-refractivity contribution in [3.8, 4) is 0 Å². The molecular weight excluding hydrogens is 253 g/mol. The maximum absolute atomic E-state index is 5.87. The van der Waals surface area contributed by atoms with E-state index in [1.165, 1.54) is 11.3 Å². The Balaban J connectivity index is 2.21. The summed E-state index contributed by atoms with van der Waals surface area (Å²) < 4.78 is 0. The molecule has 78 valence electrons. The fourth-order valence-corrected chi connectivity index (χ4v) is 1.94. The molecule has 0 saturated carbocycles. The van der Waals surface area contributed by atoms with Gasteiger partial charge in [0.05, 0.1) is 16.2 Å². The van der Waals surface area contributed by atoms with Crippen molar-refractivity contribution < 1.29 is 0 Å². The summed E-state index contributed by atoms with van der Waals surface area (Å²) in [5.74, 6) is 0. The van der Waals surface area contributed by atoms with E-state index in [2.05, 4.69) is 10.3 Å². The molecule has 0 amide bonds. The van der Waals surface area contributed by atoms with Crippen LogP contribution in [0.25, 0.3) is 0 Å². The molecule has 0 saturated heterocycles. The van der Waals surface area contributed by atoms with Crippen molar-refractivity contribution in [3.05, 3.63) is 34.4 Å². The van der Waals surface area contributed by atoms with Gasteiger partial charge in [-0.05, 0) is 18.2 Å². The Morgan fingerprint density at radius 3 is 2.67 bits per heavy atom. The Labute approximate surface area is 101 Å². The molecule has 0 aliphatic heterocycles. The lowest BCUT2D eigenvalue weighted by molar-refractivity contribution is 1.39. The SMILES string of the molecule is Nc1cnc(Nc2ccc(Cl)c(Cl)c2)s1. The molecule has 0 aliphatic rings. The van der Waals surface area contributed by atoms with E-state index < -0.39 is 0 Å². The van der Waals surface area contributed by atoms with Crippen LogP contribution in [0.15, 0.2) is 24.4 Å². The highest BCUT2D eigenvalue weighted by atomic mass is 35.5. The number of nitrogens with zero attached hydrogens (tertiary/aromatic N) is 1. The highest BCUT2D eigenvalue weighted by Gasteiger charge is 2.02. The van der Waals surface area contributed by atoms with Gasteiger partial charge in [0.25, 0.3) is 0 Å². The lowest BCUT2D eigenvalue weighted by Crippen LogP contribution is -1.88. The minimum atomic E-state index is 0.506. The van der Waals surface area contributed by atoms with Crippen molar-refractivity contribution in [1.82, 2.24) is 4.98 Å². The van der Waals surface area contributed by atoms with E-state index in [1.54, 1.807) is 18.3 Å². The second kappa shape index (κ2) is 4.26. The van der Waals surface area contributed by atoms with E-state index in [-0.39, 0.29) is 0 Å². The Morgan fingerprint density at radius 2 is 2.07 bits per heavy atom. The molecule has 3 N–H and O–H groups in total. The summed E-state index contributed by atoms with van der Waals surface area (Å²) in [6, 6.07) is 5.29. The second-order valence-corrected chi connectivity index (χ2v) is 4.70. The third-order valence-corrected chi connectivity index (χ3v) is 3.18. The van der Waals surface area contributed by atoms with Crippen LogP contribution in [-0.4, -0.2) is 4.98 Å². The minimum absolute atomic E-state index is 0.506. The van der Waals surface area contributed by atoms with Crippen LogP contribution in [-0.2, 0) is 0 Å². The van der Waals surface area contributed by atoms with Crippen LogP contribution >= 0.6 is 34.5 Å². The number of thiazole rings is 1. The van der Waals surface area contributed by atoms with E-state index >= 15 is 0 Å². The van der Waals surface area contributed by atoms with Gasteiger partial charge in [-0.1, -0.05) is 34.5 Å². The second-order valence-electron chi connectivity index (χ2n) is 2.82. The highest BCUT2D eigenvalue weighted by molar-refractivity contribution is 7.19. The molecule has 0 bridgehead atoms. The molecule has 0 unspecified atom stereocenters. The fraction of sp³-hybridized carbons (Fsp3) is 0. The zero-order valence-corrected chi connectivity index (χ0v) is 9.83. The Morgan fingerprint density at radius 1 is 1.27 bits per heavy atom. The van der Waals surface area contributed by atoms with Gasteiger partial charge in [-0.3, -0.25) is 0 Å². The number of hydrogen-bond acceptors (Lipinski definition) is 4. The predicted molar refractivity (Wildman–Crippen MR) is 66.3 cm³/mol. The van der Waals surface area contributed by atoms with Crippen molar-refractivity contribution in [2.75, 3.05) is 11.1 Å². The van der Waals surface area contributed by atoms with Crippen LogP contribution in [0.5, 0.6) is 0 Å². The number of hydrogen-bond donors (Lipinski definition) is 2. The molecule has 0 spiro atoms. The predicted octanol–water partition coefficient (Wildman–Crippen LogP) is 3.78. The number of anilines is 3. The van der Waals surface area contributed by atoms with Gasteiger partial charge in [-0.25, -0.2) is 4.98 Å². The molecule has 1 aromatic carbocycles. The summed E-state index contributed by atoms with van der Waals surface area (Å²) in [6.45, 7) is 0. The highest BCUT2D eigenvalue weighted by Crippen LogP contribution is 2.28. The van der Waals surface area contributed by atoms with Gasteiger partial charge in [0, 0.05) is 5.69 Å². The molecule has 0 radical (unpaired) electrons. The van der Waals surface area contributed by atoms with Gasteiger partial charge >= 0.3 is 0 Å². The van der Waals surface area contributed by atoms with E-state index in [0.717, 1.165) is 10.8 Å². The summed E-state index contributed by atoms with van der Waals surface area (Å²) in [6.07, 6.45) is 1.60. The molecule has 2 aromatic rings. The number of nitrogen functional groups attached to an aromatic ring is 1. The van der Waals surface area contributed by atoms with Crippen molar-refractivity contribution in [3.63, 3.8) is 0 Å². The molecule has 15 heavy (non-hydrogen) atoms. The van der Waals surface area contributed by atoms with Crippen molar-refractivity contribution in [2.45, 2.75) is 0 Å². The zero-order valence-electron chi connectivity index (χ0n) is 7.50. The largest absolute Gasteiger partial charge is 0.389 e. The molecule has 6 heteroatoms. The number of halogens is 2. The van der Waals surface area contributed by atoms with E-state index in [1.807, 2.05) is 6.07 Å². The summed E-state index contributed by atoms with van der Waals surface area (Å²) >= 11 is 13.0. The molecule has 0 atom stereocenters. The molecule has 1 aromatic heterocycles. The van der Waals surface area contributed by atoms with Crippen LogP contribution < -0.4 is 11.1 Å². The van der Waals surface area contributed by atoms with E-state index in [4.69, 9.17) is 28.9 Å². The van der Waals surface area contributed by atoms with E-state index in [0.29, 0.717) is 15.0 Å². The van der Waals surface area contributed by atoms with Gasteiger partial charge in [0.1, 0.15) is 5.00 Å². The van der Waals surface area contributed by atoms with Crippen LogP contribution in [0, 0.1) is 0 Å². The van der Waals surface area contributed by atoms with Crippen molar-refractivity contribution in [2.24, 2.45) is 0 Å². The average molecular weight is 260 g/mol. The first-order valence-corrected chi connectivity index (χ1v) is 5.66. The molecule has 1 heterocycles. The first kappa shape index (κ1) is 10.5. The normalized spacial score (nSPS) is 10.3. The van der Waals surface area contributed by atoms with E-state index in [9.17, 15) is 0 Å². The number of benzene rings is 1. The fourth-order valence-electron chi connectivity index (χ4n) is 1.04. The summed E-state index contributed by atoms with van der Waals surface area (Å²) in [7, 11) is 0. The van der Waals surface area contributed by atoms with Crippen molar-refractivity contribution >= 4 is 50.4 Å². The first-order valence-electron chi connectivity index (χ1n) is 4.08. The monoisotopic (exact) mass is 259 g/mol. The zero-order chi connectivity index (χ0) is 10.8. The number of nitrogens with one attached hydrogen (secondary N) is 1. The van der Waals surface area contributed by atoms with Crippen LogP contribution in [0.2, 0.25) is 10.0 Å². The number of nitrogens with two attached hydrogens (primary N) is 1. The first-order chi connectivity index (χ1) is 7.15. The standard InChI is InChI=1S/C9H7Cl2N3S/c10-6-2-1-5(3-7(6)11)14-9-13-4-8(12)15-9/h1-4H,12H2,(H,13,14). The quantitative estimate of drug-likeness (QED) is 0.863. The third kappa shape index (κ3) is 2.53. The third-order valence-electron chi connectivity index (χ3n) is 1.69. The molecule has 2 rings (SSSR count). The molecule has 3 nitrogen and oxygen atoms in total. The van der Waals surface area contributed by atoms with Gasteiger partial charge in [0.2, 0.25) is 0 Å². The smallest absolute Gasteiger partial charge is 0.189 e. The minimum Gasteiger partial charge on any atom is -0.389 e. The number of rotatable bonds is 2. The molecular formula is C9H7Cl2N3S. The van der Waals surface area contributed by atoms with Gasteiger partial charge < -0.3 is 11.1 Å². The van der Waals surface area contributed by atoms with Gasteiger partial charge in [-0.15, -0.1) is 0 Å². The van der Waals surface area contributed by atoms with Crippen LogP contribution in [0.4, 0.5) is 15.8 Å². The topological polar surface area (TPSA) is 50.9 Å². The maximum Gasteiger partial charge on any atom is 0.189 e.